The van der Waals surface area contributed by atoms with E-state index >= 15 is 0 Å². The largest absolute Gasteiger partial charge is 0.351 e. The second-order valence-electron chi connectivity index (χ2n) is 7.70. The van der Waals surface area contributed by atoms with Gasteiger partial charge in [0, 0.05) is 38.2 Å². The summed E-state index contributed by atoms with van der Waals surface area (Å²) >= 11 is 0. The van der Waals surface area contributed by atoms with E-state index < -0.39 is 0 Å². The zero-order valence-corrected chi connectivity index (χ0v) is 14.8. The first-order valence-electron chi connectivity index (χ1n) is 8.22. The van der Waals surface area contributed by atoms with E-state index in [0.717, 1.165) is 17.9 Å². The first-order chi connectivity index (χ1) is 10.6. The molecule has 6 heteroatoms. The smallest absolute Gasteiger partial charge is 0.224 e. The molecule has 1 aliphatic rings. The van der Waals surface area contributed by atoms with Crippen molar-refractivity contribution in [3.05, 3.63) is 17.5 Å². The maximum atomic E-state index is 12.1. The molecule has 128 valence electrons. The lowest BCUT2D eigenvalue weighted by molar-refractivity contribution is -0.128. The van der Waals surface area contributed by atoms with Crippen LogP contribution in [0.2, 0.25) is 0 Å². The number of amides is 2. The Hall–Kier alpha value is -1.85. The molecule has 0 aliphatic carbocycles. The fourth-order valence-electron chi connectivity index (χ4n) is 3.00. The second-order valence-corrected chi connectivity index (χ2v) is 7.70. The van der Waals surface area contributed by atoms with Crippen LogP contribution < -0.4 is 5.32 Å². The van der Waals surface area contributed by atoms with E-state index in [1.54, 1.807) is 0 Å². The number of hydrogen-bond donors (Lipinski definition) is 1. The SMILES string of the molecule is Cc1cc(C)n(CCC(=O)NC2CC(=O)N(CC(C)(C)C)C2)n1. The summed E-state index contributed by atoms with van der Waals surface area (Å²) in [4.78, 5) is 26.0. The van der Waals surface area contributed by atoms with Crippen molar-refractivity contribution < 1.29 is 9.59 Å². The molecular formula is C17H28N4O2. The molecule has 1 aromatic heterocycles. The molecule has 0 bridgehead atoms. The summed E-state index contributed by atoms with van der Waals surface area (Å²) in [6.45, 7) is 12.2. The van der Waals surface area contributed by atoms with Crippen molar-refractivity contribution in [1.82, 2.24) is 20.0 Å². The van der Waals surface area contributed by atoms with Crippen molar-refractivity contribution in [1.29, 1.82) is 0 Å². The van der Waals surface area contributed by atoms with Crippen LogP contribution in [-0.4, -0.2) is 45.6 Å². The summed E-state index contributed by atoms with van der Waals surface area (Å²) in [5, 5.41) is 7.33. The van der Waals surface area contributed by atoms with Crippen molar-refractivity contribution in [2.24, 2.45) is 5.41 Å². The molecule has 0 saturated carbocycles. The third-order valence-electron chi connectivity index (χ3n) is 3.90. The molecular weight excluding hydrogens is 292 g/mol. The van der Waals surface area contributed by atoms with Gasteiger partial charge in [-0.25, -0.2) is 0 Å². The minimum absolute atomic E-state index is 0.0204. The summed E-state index contributed by atoms with van der Waals surface area (Å²) in [6, 6.07) is 1.93. The average molecular weight is 320 g/mol. The molecule has 1 fully saturated rings. The van der Waals surface area contributed by atoms with Crippen molar-refractivity contribution in [2.45, 2.75) is 60.0 Å². The zero-order chi connectivity index (χ0) is 17.2. The van der Waals surface area contributed by atoms with E-state index in [0.29, 0.717) is 25.9 Å². The van der Waals surface area contributed by atoms with Crippen LogP contribution in [0, 0.1) is 19.3 Å². The van der Waals surface area contributed by atoms with Crippen LogP contribution in [0.5, 0.6) is 0 Å². The van der Waals surface area contributed by atoms with Gasteiger partial charge in [-0.3, -0.25) is 14.3 Å². The van der Waals surface area contributed by atoms with Crippen LogP contribution >= 0.6 is 0 Å². The number of rotatable bonds is 5. The van der Waals surface area contributed by atoms with Gasteiger partial charge in [-0.15, -0.1) is 0 Å². The topological polar surface area (TPSA) is 67.2 Å². The van der Waals surface area contributed by atoms with Crippen molar-refractivity contribution >= 4 is 11.8 Å². The van der Waals surface area contributed by atoms with E-state index in [9.17, 15) is 9.59 Å². The van der Waals surface area contributed by atoms with Crippen LogP contribution in [0.15, 0.2) is 6.07 Å². The molecule has 1 atom stereocenters. The summed E-state index contributed by atoms with van der Waals surface area (Å²) in [6.07, 6.45) is 0.785. The Morgan fingerprint density at radius 2 is 2.09 bits per heavy atom. The summed E-state index contributed by atoms with van der Waals surface area (Å²) in [5.41, 5.74) is 2.09. The van der Waals surface area contributed by atoms with Gasteiger partial charge in [0.2, 0.25) is 11.8 Å². The molecule has 2 rings (SSSR count). The fourth-order valence-corrected chi connectivity index (χ4v) is 3.00. The van der Waals surface area contributed by atoms with E-state index in [-0.39, 0.29) is 23.3 Å². The molecule has 1 unspecified atom stereocenters. The van der Waals surface area contributed by atoms with Gasteiger partial charge in [0.25, 0.3) is 0 Å². The highest BCUT2D eigenvalue weighted by molar-refractivity contribution is 5.82. The Morgan fingerprint density at radius 3 is 2.65 bits per heavy atom. The number of hydrogen-bond acceptors (Lipinski definition) is 3. The minimum atomic E-state index is -0.0715. The molecule has 0 aromatic carbocycles. The third kappa shape index (κ3) is 5.08. The zero-order valence-electron chi connectivity index (χ0n) is 14.8. The number of carbonyl (C=O) groups excluding carboxylic acids is 2. The summed E-state index contributed by atoms with van der Waals surface area (Å²) < 4.78 is 1.85. The molecule has 1 saturated heterocycles. The Kier molecular flexibility index (Phi) is 5.12. The van der Waals surface area contributed by atoms with Gasteiger partial charge in [-0.05, 0) is 25.3 Å². The third-order valence-corrected chi connectivity index (χ3v) is 3.90. The molecule has 6 nitrogen and oxygen atoms in total. The number of aromatic nitrogens is 2. The standard InChI is InChI=1S/C17H28N4O2/c1-12-8-13(2)21(19-12)7-6-15(22)18-14-9-16(23)20(10-14)11-17(3,4)5/h8,14H,6-7,9-11H2,1-5H3,(H,18,22). The van der Waals surface area contributed by atoms with E-state index in [1.165, 1.54) is 0 Å². The Morgan fingerprint density at radius 1 is 1.39 bits per heavy atom. The molecule has 0 radical (unpaired) electrons. The van der Waals surface area contributed by atoms with E-state index in [1.807, 2.05) is 29.5 Å². The van der Waals surface area contributed by atoms with Gasteiger partial charge >= 0.3 is 0 Å². The number of aryl methyl sites for hydroxylation is 3. The maximum absolute atomic E-state index is 12.1. The first kappa shape index (κ1) is 17.5. The highest BCUT2D eigenvalue weighted by Crippen LogP contribution is 2.20. The predicted molar refractivity (Wildman–Crippen MR) is 88.9 cm³/mol. The number of nitrogens with one attached hydrogen (secondary N) is 1. The van der Waals surface area contributed by atoms with Crippen LogP contribution in [0.1, 0.15) is 45.0 Å². The second kappa shape index (κ2) is 6.72. The van der Waals surface area contributed by atoms with Crippen molar-refractivity contribution in [3.8, 4) is 0 Å². The Balaban J connectivity index is 1.80. The van der Waals surface area contributed by atoms with Gasteiger partial charge in [0.1, 0.15) is 0 Å². The van der Waals surface area contributed by atoms with E-state index in [2.05, 4.69) is 31.2 Å². The van der Waals surface area contributed by atoms with Gasteiger partial charge in [0.05, 0.1) is 11.7 Å². The lowest BCUT2D eigenvalue weighted by atomic mass is 9.96. The summed E-state index contributed by atoms with van der Waals surface area (Å²) in [7, 11) is 0. The molecule has 0 spiro atoms. The monoisotopic (exact) mass is 320 g/mol. The fraction of sp³-hybridized carbons (Fsp3) is 0.706. The van der Waals surface area contributed by atoms with Gasteiger partial charge < -0.3 is 10.2 Å². The number of carbonyl (C=O) groups is 2. The predicted octanol–water partition coefficient (Wildman–Crippen LogP) is 1.65. The molecule has 1 aliphatic heterocycles. The maximum Gasteiger partial charge on any atom is 0.224 e. The molecule has 2 amide bonds. The summed E-state index contributed by atoms with van der Waals surface area (Å²) in [5.74, 6) is 0.108. The van der Waals surface area contributed by atoms with Crippen LogP contribution in [0.25, 0.3) is 0 Å². The van der Waals surface area contributed by atoms with Crippen molar-refractivity contribution in [2.75, 3.05) is 13.1 Å². The number of nitrogens with zero attached hydrogens (tertiary/aromatic N) is 3. The highest BCUT2D eigenvalue weighted by atomic mass is 16.2. The van der Waals surface area contributed by atoms with Gasteiger partial charge in [-0.1, -0.05) is 20.8 Å². The molecule has 2 heterocycles. The lowest BCUT2D eigenvalue weighted by Crippen LogP contribution is -2.39. The van der Waals surface area contributed by atoms with Crippen LogP contribution in [0.4, 0.5) is 0 Å². The Bertz CT molecular complexity index is 586. The normalized spacial score (nSPS) is 18.6. The van der Waals surface area contributed by atoms with Gasteiger partial charge in [0.15, 0.2) is 0 Å². The molecule has 1 N–H and O–H groups in total. The molecule has 1 aromatic rings. The quantitative estimate of drug-likeness (QED) is 0.897. The van der Waals surface area contributed by atoms with Crippen molar-refractivity contribution in [3.63, 3.8) is 0 Å². The molecule has 23 heavy (non-hydrogen) atoms. The number of likely N-dealkylation sites (tertiary alicyclic amines) is 1. The first-order valence-corrected chi connectivity index (χ1v) is 8.22. The van der Waals surface area contributed by atoms with Crippen LogP contribution in [0.3, 0.4) is 0 Å². The minimum Gasteiger partial charge on any atom is -0.351 e. The average Bonchev–Trinajstić information content (AvgIpc) is 2.88. The Labute approximate surface area is 138 Å². The highest BCUT2D eigenvalue weighted by Gasteiger charge is 2.32. The van der Waals surface area contributed by atoms with Crippen LogP contribution in [-0.2, 0) is 16.1 Å². The lowest BCUT2D eigenvalue weighted by Gasteiger charge is -2.26. The van der Waals surface area contributed by atoms with Gasteiger partial charge in [-0.2, -0.15) is 5.10 Å². The van der Waals surface area contributed by atoms with E-state index in [4.69, 9.17) is 0 Å².